The molecule has 0 amide bonds. The molecule has 164 valence electrons. The van der Waals surface area contributed by atoms with Crippen LogP contribution in [0.5, 0.6) is 0 Å². The zero-order valence-electron chi connectivity index (χ0n) is 17.2. The molecule has 3 aromatic rings. The molecule has 0 bridgehead atoms. The minimum Gasteiger partial charge on any atom is -0.466 e. The van der Waals surface area contributed by atoms with Crippen molar-refractivity contribution >= 4 is 44.1 Å². The van der Waals surface area contributed by atoms with Gasteiger partial charge in [-0.25, -0.2) is 17.7 Å². The molecule has 9 heteroatoms. The van der Waals surface area contributed by atoms with Gasteiger partial charge in [0.05, 0.1) is 24.0 Å². The second-order valence-electron chi connectivity index (χ2n) is 6.83. The number of esters is 1. The van der Waals surface area contributed by atoms with Crippen molar-refractivity contribution in [1.29, 1.82) is 0 Å². The van der Waals surface area contributed by atoms with Crippen molar-refractivity contribution < 1.29 is 17.9 Å². The van der Waals surface area contributed by atoms with Crippen LogP contribution in [0.1, 0.15) is 18.9 Å². The van der Waals surface area contributed by atoms with Crippen molar-refractivity contribution in [3.63, 3.8) is 0 Å². The fourth-order valence-electron chi connectivity index (χ4n) is 3.10. The van der Waals surface area contributed by atoms with Gasteiger partial charge in [0.25, 0.3) is 0 Å². The summed E-state index contributed by atoms with van der Waals surface area (Å²) in [7, 11) is -2.45. The van der Waals surface area contributed by atoms with Crippen molar-refractivity contribution in [2.24, 2.45) is 0 Å². The van der Waals surface area contributed by atoms with Crippen molar-refractivity contribution in [3.05, 3.63) is 70.6 Å². The normalized spacial score (nSPS) is 12.4. The number of benzene rings is 2. The van der Waals surface area contributed by atoms with Gasteiger partial charge in [-0.2, -0.15) is 0 Å². The predicted octanol–water partition coefficient (Wildman–Crippen LogP) is 4.79. The standard InChI is InChI=1S/C22H23ClN2O4S2/c1-3-29-21(26)14-17(13-16-9-5-4-6-10-16)31(27,28)25(2)22-24-20(15-30-22)18-11-7-8-12-19(18)23/h4-12,15,17H,3,13-14H2,1-2H3. The third-order valence-electron chi connectivity index (χ3n) is 4.72. The number of nitrogens with zero attached hydrogens (tertiary/aromatic N) is 2. The zero-order chi connectivity index (χ0) is 22.4. The van der Waals surface area contributed by atoms with Crippen LogP contribution < -0.4 is 4.31 Å². The summed E-state index contributed by atoms with van der Waals surface area (Å²) in [6, 6.07) is 16.5. The van der Waals surface area contributed by atoms with E-state index in [-0.39, 0.29) is 19.4 Å². The summed E-state index contributed by atoms with van der Waals surface area (Å²) in [4.78, 5) is 16.6. The van der Waals surface area contributed by atoms with Gasteiger partial charge >= 0.3 is 5.97 Å². The van der Waals surface area contributed by atoms with E-state index in [1.54, 1.807) is 18.4 Å². The van der Waals surface area contributed by atoms with Gasteiger partial charge in [-0.15, -0.1) is 11.3 Å². The lowest BCUT2D eigenvalue weighted by Gasteiger charge is -2.24. The molecule has 0 spiro atoms. The van der Waals surface area contributed by atoms with Crippen LogP contribution in [-0.4, -0.2) is 38.3 Å². The zero-order valence-corrected chi connectivity index (χ0v) is 19.6. The lowest BCUT2D eigenvalue weighted by atomic mass is 10.1. The molecular formula is C22H23ClN2O4S2. The van der Waals surface area contributed by atoms with Crippen LogP contribution in [-0.2, 0) is 26.0 Å². The van der Waals surface area contributed by atoms with Crippen LogP contribution >= 0.6 is 22.9 Å². The number of carbonyl (C=O) groups excluding carboxylic acids is 1. The molecular weight excluding hydrogens is 456 g/mol. The molecule has 1 atom stereocenters. The number of anilines is 1. The minimum absolute atomic E-state index is 0.190. The summed E-state index contributed by atoms with van der Waals surface area (Å²) in [6.45, 7) is 1.89. The predicted molar refractivity (Wildman–Crippen MR) is 125 cm³/mol. The average Bonchev–Trinajstić information content (AvgIpc) is 3.24. The lowest BCUT2D eigenvalue weighted by Crippen LogP contribution is -2.39. The Hall–Kier alpha value is -2.42. The van der Waals surface area contributed by atoms with Crippen molar-refractivity contribution in [2.45, 2.75) is 25.0 Å². The van der Waals surface area contributed by atoms with E-state index in [0.717, 1.165) is 15.4 Å². The maximum absolute atomic E-state index is 13.4. The quantitative estimate of drug-likeness (QED) is 0.413. The van der Waals surface area contributed by atoms with E-state index < -0.39 is 21.2 Å². The van der Waals surface area contributed by atoms with Crippen molar-refractivity contribution in [2.75, 3.05) is 18.0 Å². The summed E-state index contributed by atoms with van der Waals surface area (Å²) in [6.07, 6.45) is -0.0484. The first kappa shape index (κ1) is 23.2. The number of rotatable bonds is 9. The van der Waals surface area contributed by atoms with Crippen LogP contribution in [0.25, 0.3) is 11.3 Å². The van der Waals surface area contributed by atoms with Gasteiger partial charge in [0.2, 0.25) is 10.0 Å². The highest BCUT2D eigenvalue weighted by Crippen LogP contribution is 2.33. The number of hydrogen-bond donors (Lipinski definition) is 0. The van der Waals surface area contributed by atoms with Crippen LogP contribution in [0.4, 0.5) is 5.13 Å². The molecule has 0 radical (unpaired) electrons. The molecule has 6 nitrogen and oxygen atoms in total. The van der Waals surface area contributed by atoms with E-state index in [2.05, 4.69) is 4.98 Å². The van der Waals surface area contributed by atoms with Gasteiger partial charge in [-0.1, -0.05) is 60.1 Å². The molecule has 3 rings (SSSR count). The molecule has 0 aliphatic carbocycles. The number of halogens is 1. The second-order valence-corrected chi connectivity index (χ2v) is 10.3. The third kappa shape index (κ3) is 5.64. The van der Waals surface area contributed by atoms with Gasteiger partial charge in [0.1, 0.15) is 0 Å². The molecule has 0 saturated carbocycles. The molecule has 0 N–H and O–H groups in total. The first-order valence-corrected chi connectivity index (χ1v) is 12.5. The minimum atomic E-state index is -3.90. The smallest absolute Gasteiger partial charge is 0.307 e. The monoisotopic (exact) mass is 478 g/mol. The highest BCUT2D eigenvalue weighted by atomic mass is 35.5. The Bertz CT molecular complexity index is 1130. The van der Waals surface area contributed by atoms with Crippen LogP contribution in [0, 0.1) is 0 Å². The number of sulfonamides is 1. The van der Waals surface area contributed by atoms with E-state index in [1.165, 1.54) is 18.4 Å². The van der Waals surface area contributed by atoms with Gasteiger partial charge in [0.15, 0.2) is 5.13 Å². The van der Waals surface area contributed by atoms with Gasteiger partial charge in [-0.3, -0.25) is 4.79 Å². The Kier molecular flexibility index (Phi) is 7.69. The lowest BCUT2D eigenvalue weighted by molar-refractivity contribution is -0.143. The molecule has 0 saturated heterocycles. The average molecular weight is 479 g/mol. The summed E-state index contributed by atoms with van der Waals surface area (Å²) < 4.78 is 33.1. The Morgan fingerprint density at radius 2 is 1.84 bits per heavy atom. The van der Waals surface area contributed by atoms with E-state index >= 15 is 0 Å². The summed E-state index contributed by atoms with van der Waals surface area (Å²) in [5.74, 6) is -0.545. The fourth-order valence-corrected chi connectivity index (χ4v) is 5.92. The molecule has 0 aliphatic rings. The number of carbonyl (C=O) groups is 1. The molecule has 0 aliphatic heterocycles. The molecule has 1 unspecified atom stereocenters. The molecule has 1 aromatic heterocycles. The van der Waals surface area contributed by atoms with Gasteiger partial charge in [0, 0.05) is 23.0 Å². The highest BCUT2D eigenvalue weighted by Gasteiger charge is 2.34. The van der Waals surface area contributed by atoms with Crippen LogP contribution in [0.15, 0.2) is 60.0 Å². The molecule has 1 heterocycles. The third-order valence-corrected chi connectivity index (χ3v) is 8.19. The number of aromatic nitrogens is 1. The Morgan fingerprint density at radius 1 is 1.16 bits per heavy atom. The largest absolute Gasteiger partial charge is 0.466 e. The fraction of sp³-hybridized carbons (Fsp3) is 0.273. The van der Waals surface area contributed by atoms with Crippen LogP contribution in [0.2, 0.25) is 5.02 Å². The van der Waals surface area contributed by atoms with E-state index in [0.29, 0.717) is 15.8 Å². The van der Waals surface area contributed by atoms with Gasteiger partial charge < -0.3 is 4.74 Å². The summed E-state index contributed by atoms with van der Waals surface area (Å²) in [5.41, 5.74) is 2.15. The maximum atomic E-state index is 13.4. The summed E-state index contributed by atoms with van der Waals surface area (Å²) in [5, 5.41) is 1.62. The first-order chi connectivity index (χ1) is 14.8. The van der Waals surface area contributed by atoms with Crippen molar-refractivity contribution in [3.8, 4) is 11.3 Å². The Balaban J connectivity index is 1.89. The molecule has 31 heavy (non-hydrogen) atoms. The van der Waals surface area contributed by atoms with Crippen molar-refractivity contribution in [1.82, 2.24) is 4.98 Å². The van der Waals surface area contributed by atoms with Crippen LogP contribution in [0.3, 0.4) is 0 Å². The topological polar surface area (TPSA) is 76.6 Å². The van der Waals surface area contributed by atoms with Gasteiger partial charge in [-0.05, 0) is 25.0 Å². The SMILES string of the molecule is CCOC(=O)CC(Cc1ccccc1)S(=O)(=O)N(C)c1nc(-c2ccccc2Cl)cs1. The molecule has 2 aromatic carbocycles. The Labute approximate surface area is 191 Å². The Morgan fingerprint density at radius 3 is 2.52 bits per heavy atom. The number of ether oxygens (including phenoxy) is 1. The summed E-state index contributed by atoms with van der Waals surface area (Å²) >= 11 is 7.45. The second kappa shape index (κ2) is 10.3. The first-order valence-electron chi connectivity index (χ1n) is 9.70. The molecule has 0 fully saturated rings. The maximum Gasteiger partial charge on any atom is 0.307 e. The van der Waals surface area contributed by atoms with E-state index in [9.17, 15) is 13.2 Å². The highest BCUT2D eigenvalue weighted by molar-refractivity contribution is 7.93. The number of thiazole rings is 1. The van der Waals surface area contributed by atoms with E-state index in [4.69, 9.17) is 16.3 Å². The number of hydrogen-bond acceptors (Lipinski definition) is 6. The van der Waals surface area contributed by atoms with E-state index in [1.807, 2.05) is 48.5 Å².